The monoisotopic (exact) mass is 414 g/mol. The van der Waals surface area contributed by atoms with E-state index >= 15 is 0 Å². The third-order valence-corrected chi connectivity index (χ3v) is 6.79. The van der Waals surface area contributed by atoms with Crippen LogP contribution in [-0.4, -0.2) is 76.1 Å². The van der Waals surface area contributed by atoms with Crippen LogP contribution in [0.5, 0.6) is 0 Å². The summed E-state index contributed by atoms with van der Waals surface area (Å²) < 4.78 is 25.0. The van der Waals surface area contributed by atoms with E-state index in [-0.39, 0.29) is 18.4 Å². The molecule has 1 aromatic rings. The van der Waals surface area contributed by atoms with Crippen LogP contribution in [0.1, 0.15) is 12.8 Å². The Morgan fingerprint density at radius 2 is 1.89 bits per heavy atom. The van der Waals surface area contributed by atoms with Gasteiger partial charge in [-0.3, -0.25) is 4.79 Å². The Labute approximate surface area is 166 Å². The number of piperidine rings is 1. The third kappa shape index (κ3) is 5.13. The highest BCUT2D eigenvalue weighted by Crippen LogP contribution is 2.31. The summed E-state index contributed by atoms with van der Waals surface area (Å²) in [5.74, 6) is -0.506. The fourth-order valence-electron chi connectivity index (χ4n) is 3.62. The van der Waals surface area contributed by atoms with Crippen LogP contribution < -0.4 is 10.2 Å². The van der Waals surface area contributed by atoms with E-state index in [1.54, 1.807) is 6.07 Å². The van der Waals surface area contributed by atoms with E-state index < -0.39 is 10.0 Å². The summed E-state index contributed by atoms with van der Waals surface area (Å²) in [7, 11) is -1.19. The lowest BCUT2D eigenvalue weighted by Gasteiger charge is -2.35. The van der Waals surface area contributed by atoms with Crippen LogP contribution in [0.15, 0.2) is 18.2 Å². The predicted octanol–water partition coefficient (Wildman–Crippen LogP) is 1.70. The molecule has 1 unspecified atom stereocenters. The molecule has 2 aliphatic rings. The molecule has 0 bridgehead atoms. The first kappa shape index (κ1) is 20.4. The van der Waals surface area contributed by atoms with Gasteiger partial charge in [0.1, 0.15) is 0 Å². The molecule has 0 radical (unpaired) electrons. The zero-order chi connectivity index (χ0) is 19.6. The molecule has 1 amide bonds. The van der Waals surface area contributed by atoms with E-state index in [9.17, 15) is 13.2 Å². The number of rotatable bonds is 4. The highest BCUT2D eigenvalue weighted by Gasteiger charge is 2.30. The van der Waals surface area contributed by atoms with Gasteiger partial charge >= 0.3 is 0 Å². The van der Waals surface area contributed by atoms with Gasteiger partial charge in [0.25, 0.3) is 0 Å². The molecule has 1 N–H and O–H groups in total. The lowest BCUT2D eigenvalue weighted by atomic mass is 9.98. The minimum absolute atomic E-state index is 0.152. The molecule has 2 aliphatic heterocycles. The minimum atomic E-state index is -3.28. The van der Waals surface area contributed by atoms with E-state index in [2.05, 4.69) is 22.2 Å². The van der Waals surface area contributed by atoms with E-state index in [0.29, 0.717) is 30.1 Å². The van der Waals surface area contributed by atoms with Crippen molar-refractivity contribution < 1.29 is 13.2 Å². The topological polar surface area (TPSA) is 73.0 Å². The molecule has 1 aromatic carbocycles. The van der Waals surface area contributed by atoms with Crippen LogP contribution in [0.2, 0.25) is 5.02 Å². The maximum atomic E-state index is 12.8. The maximum Gasteiger partial charge on any atom is 0.228 e. The molecule has 0 aliphatic carbocycles. The Hall–Kier alpha value is -1.35. The first-order chi connectivity index (χ1) is 12.7. The average molecular weight is 415 g/mol. The summed E-state index contributed by atoms with van der Waals surface area (Å²) in [5, 5.41) is 3.56. The molecular formula is C18H27ClN4O3S. The molecule has 9 heteroatoms. The predicted molar refractivity (Wildman–Crippen MR) is 109 cm³/mol. The first-order valence-corrected chi connectivity index (χ1v) is 11.5. The standard InChI is InChI=1S/C18H27ClN4O3S/c1-21-8-10-22(11-9-21)17-6-5-15(19)12-16(17)20-18(24)14-4-3-7-23(13-14)27(2,25)26/h5-6,12,14H,3-4,7-11,13H2,1-2H3,(H,20,24). The van der Waals surface area contributed by atoms with E-state index in [0.717, 1.165) is 31.9 Å². The fourth-order valence-corrected chi connectivity index (χ4v) is 4.71. The number of nitrogens with zero attached hydrogens (tertiary/aromatic N) is 3. The van der Waals surface area contributed by atoms with Crippen molar-refractivity contribution in [3.05, 3.63) is 23.2 Å². The zero-order valence-corrected chi connectivity index (χ0v) is 17.4. The van der Waals surface area contributed by atoms with Crippen molar-refractivity contribution in [1.29, 1.82) is 0 Å². The molecule has 27 heavy (non-hydrogen) atoms. The van der Waals surface area contributed by atoms with Gasteiger partial charge in [-0.1, -0.05) is 11.6 Å². The van der Waals surface area contributed by atoms with Crippen molar-refractivity contribution in [2.24, 2.45) is 5.92 Å². The molecule has 2 fully saturated rings. The molecule has 3 rings (SSSR count). The number of likely N-dealkylation sites (N-methyl/N-ethyl adjacent to an activating group) is 1. The molecule has 2 saturated heterocycles. The molecule has 0 aromatic heterocycles. The SMILES string of the molecule is CN1CCN(c2ccc(Cl)cc2NC(=O)C2CCCN(S(C)(=O)=O)C2)CC1. The van der Waals surface area contributed by atoms with Crippen molar-refractivity contribution in [3.8, 4) is 0 Å². The van der Waals surface area contributed by atoms with Crippen LogP contribution in [0.25, 0.3) is 0 Å². The Morgan fingerprint density at radius 3 is 2.56 bits per heavy atom. The minimum Gasteiger partial charge on any atom is -0.367 e. The number of carbonyl (C=O) groups excluding carboxylic acids is 1. The van der Waals surface area contributed by atoms with E-state index in [1.807, 2.05) is 12.1 Å². The summed E-state index contributed by atoms with van der Waals surface area (Å²) in [5.41, 5.74) is 1.64. The maximum absolute atomic E-state index is 12.8. The van der Waals surface area contributed by atoms with Crippen molar-refractivity contribution in [2.75, 3.05) is 62.8 Å². The van der Waals surface area contributed by atoms with Crippen LogP contribution >= 0.6 is 11.6 Å². The molecule has 7 nitrogen and oxygen atoms in total. The number of halogens is 1. The van der Waals surface area contributed by atoms with Gasteiger partial charge in [0.15, 0.2) is 0 Å². The highest BCUT2D eigenvalue weighted by atomic mass is 35.5. The Morgan fingerprint density at radius 1 is 1.19 bits per heavy atom. The van der Waals surface area contributed by atoms with Crippen LogP contribution in [0.4, 0.5) is 11.4 Å². The summed E-state index contributed by atoms with van der Waals surface area (Å²) in [6, 6.07) is 5.54. The largest absolute Gasteiger partial charge is 0.367 e. The number of anilines is 2. The smallest absolute Gasteiger partial charge is 0.228 e. The molecule has 2 heterocycles. The second-order valence-electron chi connectivity index (χ2n) is 7.40. The Kier molecular flexibility index (Phi) is 6.30. The number of hydrogen-bond donors (Lipinski definition) is 1. The molecule has 0 saturated carbocycles. The molecular weight excluding hydrogens is 388 g/mol. The molecule has 150 valence electrons. The van der Waals surface area contributed by atoms with Crippen molar-refractivity contribution >= 4 is 38.9 Å². The van der Waals surface area contributed by atoms with Gasteiger partial charge in [0.05, 0.1) is 23.5 Å². The Balaban J connectivity index is 1.74. The number of amides is 1. The molecule has 0 spiro atoms. The number of hydrogen-bond acceptors (Lipinski definition) is 5. The summed E-state index contributed by atoms with van der Waals surface area (Å²) >= 11 is 6.17. The quantitative estimate of drug-likeness (QED) is 0.811. The van der Waals surface area contributed by atoms with E-state index in [1.165, 1.54) is 10.6 Å². The normalized spacial score (nSPS) is 22.6. The van der Waals surface area contributed by atoms with Crippen LogP contribution in [0, 0.1) is 5.92 Å². The van der Waals surface area contributed by atoms with Crippen LogP contribution in [-0.2, 0) is 14.8 Å². The van der Waals surface area contributed by atoms with Crippen molar-refractivity contribution in [2.45, 2.75) is 12.8 Å². The van der Waals surface area contributed by atoms with Gasteiger partial charge in [0, 0.05) is 44.3 Å². The van der Waals surface area contributed by atoms with E-state index in [4.69, 9.17) is 11.6 Å². The number of piperazine rings is 1. The second-order valence-corrected chi connectivity index (χ2v) is 9.82. The van der Waals surface area contributed by atoms with Crippen molar-refractivity contribution in [1.82, 2.24) is 9.21 Å². The molecule has 1 atom stereocenters. The number of benzene rings is 1. The van der Waals surface area contributed by atoms with Gasteiger partial charge in [-0.2, -0.15) is 0 Å². The summed E-state index contributed by atoms with van der Waals surface area (Å²) in [6.45, 7) is 4.39. The zero-order valence-electron chi connectivity index (χ0n) is 15.8. The number of nitrogens with one attached hydrogen (secondary N) is 1. The number of sulfonamides is 1. The summed E-state index contributed by atoms with van der Waals surface area (Å²) in [4.78, 5) is 17.4. The lowest BCUT2D eigenvalue weighted by molar-refractivity contribution is -0.120. The lowest BCUT2D eigenvalue weighted by Crippen LogP contribution is -2.45. The van der Waals surface area contributed by atoms with Gasteiger partial charge in [-0.05, 0) is 38.1 Å². The van der Waals surface area contributed by atoms with Gasteiger partial charge in [-0.25, -0.2) is 12.7 Å². The average Bonchev–Trinajstić information content (AvgIpc) is 2.62. The highest BCUT2D eigenvalue weighted by molar-refractivity contribution is 7.88. The Bertz CT molecular complexity index is 794. The van der Waals surface area contributed by atoms with Crippen LogP contribution in [0.3, 0.4) is 0 Å². The van der Waals surface area contributed by atoms with Gasteiger partial charge in [-0.15, -0.1) is 0 Å². The summed E-state index contributed by atoms with van der Waals surface area (Å²) in [6.07, 6.45) is 2.56. The fraction of sp³-hybridized carbons (Fsp3) is 0.611. The number of carbonyl (C=O) groups is 1. The second kappa shape index (κ2) is 8.34. The van der Waals surface area contributed by atoms with Gasteiger partial charge in [0.2, 0.25) is 15.9 Å². The van der Waals surface area contributed by atoms with Crippen molar-refractivity contribution in [3.63, 3.8) is 0 Å². The third-order valence-electron chi connectivity index (χ3n) is 5.28. The first-order valence-electron chi connectivity index (χ1n) is 9.23. The van der Waals surface area contributed by atoms with Gasteiger partial charge < -0.3 is 15.1 Å².